The Morgan fingerprint density at radius 1 is 1.26 bits per heavy atom. The van der Waals surface area contributed by atoms with E-state index in [0.29, 0.717) is 18.3 Å². The van der Waals surface area contributed by atoms with Gasteiger partial charge in [-0.15, -0.1) is 0 Å². The number of hydrogen-bond acceptors (Lipinski definition) is 6. The highest BCUT2D eigenvalue weighted by molar-refractivity contribution is 7.89. The summed E-state index contributed by atoms with van der Waals surface area (Å²) in [5.74, 6) is 2.64. The highest BCUT2D eigenvalue weighted by Gasteiger charge is 2.32. The van der Waals surface area contributed by atoms with E-state index >= 15 is 0 Å². The van der Waals surface area contributed by atoms with Crippen molar-refractivity contribution >= 4 is 10.0 Å². The molecule has 0 spiro atoms. The average Bonchev–Trinajstić information content (AvgIpc) is 3.24. The Hall–Kier alpha value is -0.990. The molecule has 1 atom stereocenters. The summed E-state index contributed by atoms with van der Waals surface area (Å²) in [6.45, 7) is 2.72. The zero-order valence-electron chi connectivity index (χ0n) is 13.9. The summed E-state index contributed by atoms with van der Waals surface area (Å²) in [7, 11) is 0.0696. The van der Waals surface area contributed by atoms with Crippen molar-refractivity contribution < 1.29 is 12.9 Å². The second-order valence-corrected chi connectivity index (χ2v) is 9.16. The van der Waals surface area contributed by atoms with Gasteiger partial charge in [-0.1, -0.05) is 5.16 Å². The topological polar surface area (TPSA) is 79.5 Å². The Morgan fingerprint density at radius 3 is 2.74 bits per heavy atom. The van der Waals surface area contributed by atoms with Crippen LogP contribution in [0.3, 0.4) is 0 Å². The van der Waals surface area contributed by atoms with Gasteiger partial charge in [-0.3, -0.25) is 0 Å². The van der Waals surface area contributed by atoms with Crippen LogP contribution in [0.15, 0.2) is 4.52 Å². The third kappa shape index (κ3) is 4.30. The van der Waals surface area contributed by atoms with Crippen LogP contribution in [-0.2, 0) is 10.0 Å². The molecule has 1 aliphatic heterocycles. The highest BCUT2D eigenvalue weighted by Crippen LogP contribution is 2.39. The number of piperidine rings is 1. The molecule has 0 bridgehead atoms. The predicted octanol–water partition coefficient (Wildman–Crippen LogP) is 1.41. The molecular formula is C15H26N4O3S. The molecule has 0 aromatic carbocycles. The molecule has 1 saturated carbocycles. The van der Waals surface area contributed by atoms with E-state index in [2.05, 4.69) is 15.0 Å². The number of rotatable bonds is 7. The molecule has 1 aromatic rings. The summed E-state index contributed by atoms with van der Waals surface area (Å²) in [6.07, 6.45) is 5.17. The Labute approximate surface area is 138 Å². The molecule has 130 valence electrons. The van der Waals surface area contributed by atoms with Gasteiger partial charge >= 0.3 is 0 Å². The lowest BCUT2D eigenvalue weighted by Gasteiger charge is -2.31. The van der Waals surface area contributed by atoms with Crippen LogP contribution in [0.1, 0.15) is 55.7 Å². The fourth-order valence-corrected chi connectivity index (χ4v) is 3.89. The largest absolute Gasteiger partial charge is 0.339 e. The molecule has 2 fully saturated rings. The van der Waals surface area contributed by atoms with Gasteiger partial charge in [0.05, 0.1) is 5.75 Å². The van der Waals surface area contributed by atoms with Crippen LogP contribution < -0.4 is 0 Å². The van der Waals surface area contributed by atoms with Crippen molar-refractivity contribution in [2.45, 2.75) is 43.9 Å². The minimum absolute atomic E-state index is 0.204. The van der Waals surface area contributed by atoms with Gasteiger partial charge in [0.1, 0.15) is 0 Å². The van der Waals surface area contributed by atoms with E-state index in [-0.39, 0.29) is 5.75 Å². The summed E-state index contributed by atoms with van der Waals surface area (Å²) < 4.78 is 30.3. The van der Waals surface area contributed by atoms with E-state index in [1.54, 1.807) is 14.1 Å². The lowest BCUT2D eigenvalue weighted by Crippen LogP contribution is -2.36. The van der Waals surface area contributed by atoms with Crippen molar-refractivity contribution in [3.8, 4) is 0 Å². The van der Waals surface area contributed by atoms with E-state index in [1.807, 2.05) is 0 Å². The number of hydrogen-bond donors (Lipinski definition) is 0. The van der Waals surface area contributed by atoms with E-state index in [1.165, 1.54) is 17.1 Å². The van der Waals surface area contributed by atoms with Crippen molar-refractivity contribution in [2.75, 3.05) is 39.5 Å². The van der Waals surface area contributed by atoms with Crippen LogP contribution in [0, 0.1) is 0 Å². The summed E-state index contributed by atoms with van der Waals surface area (Å²) >= 11 is 0. The fourth-order valence-electron chi connectivity index (χ4n) is 3.03. The van der Waals surface area contributed by atoms with Crippen LogP contribution >= 0.6 is 0 Å². The first-order valence-corrected chi connectivity index (χ1v) is 10.0. The van der Waals surface area contributed by atoms with Crippen LogP contribution in [0.4, 0.5) is 0 Å². The van der Waals surface area contributed by atoms with Gasteiger partial charge < -0.3 is 9.42 Å². The van der Waals surface area contributed by atoms with Gasteiger partial charge in [-0.05, 0) is 45.2 Å². The quantitative estimate of drug-likeness (QED) is 0.745. The monoisotopic (exact) mass is 342 g/mol. The number of likely N-dealkylation sites (tertiary alicyclic amines) is 1. The maximum Gasteiger partial charge on any atom is 0.229 e. The second-order valence-electron chi connectivity index (χ2n) is 6.86. The normalized spacial score (nSPS) is 23.5. The molecule has 3 rings (SSSR count). The van der Waals surface area contributed by atoms with E-state index in [0.717, 1.165) is 44.2 Å². The Balaban J connectivity index is 1.49. The average molecular weight is 342 g/mol. The third-order valence-corrected chi connectivity index (χ3v) is 6.60. The van der Waals surface area contributed by atoms with Crippen molar-refractivity contribution in [3.05, 3.63) is 11.7 Å². The van der Waals surface area contributed by atoms with Gasteiger partial charge in [0.25, 0.3) is 0 Å². The maximum atomic E-state index is 11.8. The molecule has 8 heteroatoms. The standard InChI is InChI=1S/C15H26N4O3S/c1-18(2)23(20,21)10-4-9-19-8-3-5-13(11-19)14-16-15(22-17-14)12-6-7-12/h12-13H,3-11H2,1-2H3/t13-/m0/s1. The first kappa shape index (κ1) is 16.9. The summed E-state index contributed by atoms with van der Waals surface area (Å²) in [6, 6.07) is 0. The smallest absolute Gasteiger partial charge is 0.229 e. The van der Waals surface area contributed by atoms with E-state index < -0.39 is 10.0 Å². The highest BCUT2D eigenvalue weighted by atomic mass is 32.2. The Bertz CT molecular complexity index is 624. The van der Waals surface area contributed by atoms with Crippen LogP contribution in [0.5, 0.6) is 0 Å². The molecule has 23 heavy (non-hydrogen) atoms. The molecular weight excluding hydrogens is 316 g/mol. The molecule has 1 aliphatic carbocycles. The van der Waals surface area contributed by atoms with Gasteiger partial charge in [0.2, 0.25) is 15.9 Å². The second kappa shape index (κ2) is 6.86. The van der Waals surface area contributed by atoms with Gasteiger partial charge in [-0.25, -0.2) is 12.7 Å². The predicted molar refractivity (Wildman–Crippen MR) is 86.8 cm³/mol. The summed E-state index contributed by atoms with van der Waals surface area (Å²) in [5.41, 5.74) is 0. The summed E-state index contributed by atoms with van der Waals surface area (Å²) in [4.78, 5) is 6.89. The molecule has 7 nitrogen and oxygen atoms in total. The van der Waals surface area contributed by atoms with Crippen LogP contribution in [-0.4, -0.2) is 67.2 Å². The van der Waals surface area contributed by atoms with E-state index in [9.17, 15) is 8.42 Å². The Kier molecular flexibility index (Phi) is 5.03. The first-order chi connectivity index (χ1) is 11.0. The lowest BCUT2D eigenvalue weighted by atomic mass is 9.97. The SMILES string of the molecule is CN(C)S(=O)(=O)CCCN1CCC[C@H](c2noc(C3CC3)n2)C1. The van der Waals surface area contributed by atoms with Gasteiger partial charge in [0.15, 0.2) is 5.82 Å². The van der Waals surface area contributed by atoms with Crippen LogP contribution in [0.2, 0.25) is 0 Å². The van der Waals surface area contributed by atoms with E-state index in [4.69, 9.17) is 4.52 Å². The van der Waals surface area contributed by atoms with Crippen LogP contribution in [0.25, 0.3) is 0 Å². The molecule has 0 amide bonds. The number of sulfonamides is 1. The zero-order valence-corrected chi connectivity index (χ0v) is 14.8. The minimum atomic E-state index is -3.10. The Morgan fingerprint density at radius 2 is 2.04 bits per heavy atom. The van der Waals surface area contributed by atoms with Gasteiger partial charge in [-0.2, -0.15) is 4.98 Å². The molecule has 1 saturated heterocycles. The maximum absolute atomic E-state index is 11.8. The van der Waals surface area contributed by atoms with Crippen molar-refractivity contribution in [1.82, 2.24) is 19.3 Å². The molecule has 2 heterocycles. The lowest BCUT2D eigenvalue weighted by molar-refractivity contribution is 0.202. The fraction of sp³-hybridized carbons (Fsp3) is 0.867. The third-order valence-electron chi connectivity index (χ3n) is 4.69. The zero-order chi connectivity index (χ0) is 16.4. The first-order valence-electron chi connectivity index (χ1n) is 8.42. The molecule has 2 aliphatic rings. The summed E-state index contributed by atoms with van der Waals surface area (Å²) in [5, 5.41) is 4.16. The molecule has 0 radical (unpaired) electrons. The minimum Gasteiger partial charge on any atom is -0.339 e. The number of aromatic nitrogens is 2. The van der Waals surface area contributed by atoms with Crippen molar-refractivity contribution in [3.63, 3.8) is 0 Å². The van der Waals surface area contributed by atoms with Crippen molar-refractivity contribution in [2.24, 2.45) is 0 Å². The molecule has 0 unspecified atom stereocenters. The molecule has 1 aromatic heterocycles. The number of nitrogens with zero attached hydrogens (tertiary/aromatic N) is 4. The molecule has 0 N–H and O–H groups in total. The van der Waals surface area contributed by atoms with Gasteiger partial charge in [0, 0.05) is 32.5 Å². The van der Waals surface area contributed by atoms with Crippen molar-refractivity contribution in [1.29, 1.82) is 0 Å².